The van der Waals surface area contributed by atoms with Gasteiger partial charge in [-0.15, -0.1) is 0 Å². The fraction of sp³-hybridized carbons (Fsp3) is 0.118. The maximum atomic E-state index is 13.9. The van der Waals surface area contributed by atoms with Crippen LogP contribution in [0.25, 0.3) is 90.9 Å². The van der Waals surface area contributed by atoms with Crippen molar-refractivity contribution in [1.82, 2.24) is 79.4 Å². The molecule has 8 bridgehead atoms. The van der Waals surface area contributed by atoms with Gasteiger partial charge in [-0.1, -0.05) is 72.8 Å². The van der Waals surface area contributed by atoms with Crippen molar-refractivity contribution in [2.45, 2.75) is 26.2 Å². The molecule has 0 radical (unpaired) electrons. The van der Waals surface area contributed by atoms with Crippen molar-refractivity contribution in [1.29, 1.82) is 0 Å². The Balaban J connectivity index is 1.02. The molecule has 7 aromatic heterocycles. The van der Waals surface area contributed by atoms with Crippen molar-refractivity contribution in [3.8, 4) is 44.5 Å². The van der Waals surface area contributed by atoms with Crippen LogP contribution in [0.1, 0.15) is 22.8 Å². The van der Waals surface area contributed by atoms with E-state index in [-0.39, 0.29) is 0 Å². The minimum Gasteiger partial charge on any atom is -0.354 e. The molecule has 0 aliphatic carbocycles. The van der Waals surface area contributed by atoms with Gasteiger partial charge in [0.05, 0.1) is 70.8 Å². The summed E-state index contributed by atoms with van der Waals surface area (Å²) < 4.78 is 7.52. The molecule has 0 fully saturated rings. The lowest BCUT2D eigenvalue weighted by Crippen LogP contribution is -2.31. The first-order chi connectivity index (χ1) is 45.2. The second kappa shape index (κ2) is 27.2. The standard InChI is InChI=1S/C68H62N20O4/c89-65(73-29-37-85-33-25-69-41-85)81-49-13-5-1-9-45(49)61-53-17-19-55(77-53)62(46-10-2-6-14-50(46)82-66(90)74-30-38-86-34-26-70-42-86)57-21-23-59(79-57)64(48-12-4-8-16-52(48)84-68(92)76-32-40-88-36-28-72-44-88)60-24-22-58(80-60)63(56-20-18-54(61)78-56)47-11-3-7-15-51(47)83-67(91)75-31-39-87-35-27-71-43-87/h1-28,33-36,41-44,77,80H,29-32,37-40H2,(H2,73,81,89)(H2,74,82,90)(H2,75,83,91)(H2,76,84,92). The molecule has 0 atom stereocenters. The van der Waals surface area contributed by atoms with Crippen molar-refractivity contribution in [2.75, 3.05) is 47.4 Å². The van der Waals surface area contributed by atoms with E-state index in [1.807, 2.05) is 189 Å². The van der Waals surface area contributed by atoms with Gasteiger partial charge in [-0.25, -0.2) is 49.1 Å². The number of rotatable bonds is 20. The Hall–Kier alpha value is -12.6. The number of hydrogen-bond donors (Lipinski definition) is 10. The molecule has 13 rings (SSSR count). The molecule has 10 N–H and O–H groups in total. The van der Waals surface area contributed by atoms with Gasteiger partial charge in [0.15, 0.2) is 0 Å². The second-order valence-electron chi connectivity index (χ2n) is 21.4. The van der Waals surface area contributed by atoms with Crippen LogP contribution in [0.4, 0.5) is 41.9 Å². The third-order valence-corrected chi connectivity index (χ3v) is 15.4. The molecule has 4 aromatic carbocycles. The Morgan fingerprint density at radius 2 is 0.565 bits per heavy atom. The Labute approximate surface area is 526 Å². The number of aromatic amines is 2. The molecule has 11 aromatic rings. The van der Waals surface area contributed by atoms with Gasteiger partial charge in [0.25, 0.3) is 0 Å². The lowest BCUT2D eigenvalue weighted by molar-refractivity contribution is 0.251. The monoisotopic (exact) mass is 1220 g/mol. The molecule has 24 nitrogen and oxygen atoms in total. The van der Waals surface area contributed by atoms with Gasteiger partial charge < -0.3 is 70.8 Å². The van der Waals surface area contributed by atoms with Crippen LogP contribution in [0, 0.1) is 0 Å². The van der Waals surface area contributed by atoms with Gasteiger partial charge in [-0.2, -0.15) is 0 Å². The number of fused-ring (bicyclic) bond motifs is 8. The summed E-state index contributed by atoms with van der Waals surface area (Å²) >= 11 is 0. The summed E-state index contributed by atoms with van der Waals surface area (Å²) in [6, 6.07) is 36.4. The van der Waals surface area contributed by atoms with Gasteiger partial charge in [-0.05, 0) is 72.8 Å². The molecule has 9 heterocycles. The lowest BCUT2D eigenvalue weighted by Gasteiger charge is -2.15. The van der Waals surface area contributed by atoms with Crippen LogP contribution in [-0.4, -0.2) is 108 Å². The fourth-order valence-corrected chi connectivity index (χ4v) is 11.1. The zero-order chi connectivity index (χ0) is 62.6. The number of amides is 8. The Kier molecular flexibility index (Phi) is 17.3. The average molecular weight is 1220 g/mol. The Morgan fingerprint density at radius 3 is 0.793 bits per heavy atom. The highest BCUT2D eigenvalue weighted by molar-refractivity contribution is 6.07. The predicted molar refractivity (Wildman–Crippen MR) is 358 cm³/mol. The number of nitrogens with one attached hydrogen (secondary N) is 10. The van der Waals surface area contributed by atoms with Gasteiger partial charge in [0, 0.05) is 169 Å². The van der Waals surface area contributed by atoms with Crippen LogP contribution in [0.2, 0.25) is 0 Å². The van der Waals surface area contributed by atoms with Crippen molar-refractivity contribution in [2.24, 2.45) is 0 Å². The molecule has 2 aliphatic rings. The highest BCUT2D eigenvalue weighted by Crippen LogP contribution is 2.43. The molecule has 0 unspecified atom stereocenters. The van der Waals surface area contributed by atoms with E-state index in [2.05, 4.69) is 72.4 Å². The Bertz CT molecular complexity index is 4120. The summed E-state index contributed by atoms with van der Waals surface area (Å²) in [4.78, 5) is 90.7. The van der Waals surface area contributed by atoms with Crippen LogP contribution >= 0.6 is 0 Å². The number of hydrogen-bond acceptors (Lipinski definition) is 10. The number of imidazole rings is 4. The molecule has 0 saturated carbocycles. The maximum Gasteiger partial charge on any atom is 0.319 e. The third-order valence-electron chi connectivity index (χ3n) is 15.4. The molecule has 0 spiro atoms. The van der Waals surface area contributed by atoms with Gasteiger partial charge >= 0.3 is 24.1 Å². The summed E-state index contributed by atoms with van der Waals surface area (Å²) in [5.41, 5.74) is 11.9. The van der Waals surface area contributed by atoms with Crippen LogP contribution in [-0.2, 0) is 26.2 Å². The van der Waals surface area contributed by atoms with Crippen LogP contribution in [0.15, 0.2) is 196 Å². The first-order valence-electron chi connectivity index (χ1n) is 29.8. The smallest absolute Gasteiger partial charge is 0.319 e. The van der Waals surface area contributed by atoms with Gasteiger partial charge in [0.2, 0.25) is 0 Å². The minimum absolute atomic E-state index is 0.338. The topological polar surface area (TPSA) is 293 Å². The number of nitrogens with zero attached hydrogens (tertiary/aromatic N) is 10. The number of urea groups is 4. The zero-order valence-electron chi connectivity index (χ0n) is 49.5. The maximum absolute atomic E-state index is 13.9. The molecular weight excluding hydrogens is 1160 g/mol. The SMILES string of the molecule is O=C(NCCn1ccnc1)Nc1ccccc1-c1c2nc(c(-c3ccccc3NC(=O)NCCn3ccnc3)c3ccc([nH]3)c(-c3ccccc3NC(=O)NCCn3ccnc3)c3nc(c(-c4ccccc4NC(=O)NCCn4ccnc4)c4ccc1[nH]4)C=C3)C=C2. The third kappa shape index (κ3) is 13.4. The Morgan fingerprint density at radius 1 is 0.326 bits per heavy atom. The number of carbonyl (C=O) groups excluding carboxylic acids is 4. The molecule has 458 valence electrons. The summed E-state index contributed by atoms with van der Waals surface area (Å²) in [6.07, 6.45) is 28.6. The van der Waals surface area contributed by atoms with E-state index in [0.717, 1.165) is 0 Å². The van der Waals surface area contributed by atoms with E-state index in [1.54, 1.807) is 50.1 Å². The molecule has 24 heteroatoms. The number of anilines is 4. The summed E-state index contributed by atoms with van der Waals surface area (Å²) in [5, 5.41) is 24.5. The number of H-pyrrole nitrogens is 2. The highest BCUT2D eigenvalue weighted by atomic mass is 16.2. The van der Waals surface area contributed by atoms with E-state index >= 15 is 0 Å². The largest absolute Gasteiger partial charge is 0.354 e. The highest BCUT2D eigenvalue weighted by Gasteiger charge is 2.24. The van der Waals surface area contributed by atoms with Crippen LogP contribution in [0.3, 0.4) is 0 Å². The lowest BCUT2D eigenvalue weighted by atomic mass is 10.0. The van der Waals surface area contributed by atoms with Gasteiger partial charge in [0.1, 0.15) is 0 Å². The van der Waals surface area contributed by atoms with Gasteiger partial charge in [-0.3, -0.25) is 0 Å². The average Bonchev–Trinajstić information content (AvgIpc) is 1.60. The van der Waals surface area contributed by atoms with E-state index < -0.39 is 24.1 Å². The molecular formula is C68H62N20O4. The van der Waals surface area contributed by atoms with Crippen molar-refractivity contribution in [3.05, 3.63) is 219 Å². The summed E-state index contributed by atoms with van der Waals surface area (Å²) in [6.45, 7) is 3.41. The van der Waals surface area contributed by atoms with Crippen molar-refractivity contribution >= 4 is 93.2 Å². The van der Waals surface area contributed by atoms with E-state index in [4.69, 9.17) is 9.97 Å². The number of benzene rings is 4. The van der Waals surface area contributed by atoms with E-state index in [1.165, 1.54) is 0 Å². The fourth-order valence-electron chi connectivity index (χ4n) is 11.1. The molecule has 2 aliphatic heterocycles. The normalized spacial score (nSPS) is 11.5. The predicted octanol–water partition coefficient (Wildman–Crippen LogP) is 11.4. The quantitative estimate of drug-likeness (QED) is 0.0344. The van der Waals surface area contributed by atoms with Crippen LogP contribution in [0.5, 0.6) is 0 Å². The van der Waals surface area contributed by atoms with Crippen LogP contribution < -0.4 is 42.5 Å². The molecule has 92 heavy (non-hydrogen) atoms. The summed E-state index contributed by atoms with van der Waals surface area (Å²) in [5.74, 6) is 0. The number of para-hydroxylation sites is 4. The number of carbonyl (C=O) groups is 4. The first kappa shape index (κ1) is 58.4. The van der Waals surface area contributed by atoms with Crippen molar-refractivity contribution in [3.63, 3.8) is 0 Å². The minimum atomic E-state index is -0.411. The van der Waals surface area contributed by atoms with Crippen molar-refractivity contribution < 1.29 is 19.2 Å². The van der Waals surface area contributed by atoms with E-state index in [0.29, 0.717) is 164 Å². The molecule has 8 amide bonds. The number of aromatic nitrogens is 12. The summed E-state index contributed by atoms with van der Waals surface area (Å²) in [7, 11) is 0. The van der Waals surface area contributed by atoms with E-state index in [9.17, 15) is 19.2 Å². The molecule has 0 saturated heterocycles. The zero-order valence-corrected chi connectivity index (χ0v) is 49.5. The first-order valence-corrected chi connectivity index (χ1v) is 29.8. The second-order valence-corrected chi connectivity index (χ2v) is 21.4.